The first-order chi connectivity index (χ1) is 13.2. The lowest BCUT2D eigenvalue weighted by molar-refractivity contribution is -0.133. The van der Waals surface area contributed by atoms with E-state index in [1.807, 2.05) is 60.7 Å². The van der Waals surface area contributed by atoms with Gasteiger partial charge in [0.1, 0.15) is 6.54 Å². The number of hydrogen-bond donors (Lipinski definition) is 1. The van der Waals surface area contributed by atoms with Gasteiger partial charge in [-0.2, -0.15) is 4.98 Å². The number of amides is 1. The summed E-state index contributed by atoms with van der Waals surface area (Å²) in [4.78, 5) is 18.7. The predicted octanol–water partition coefficient (Wildman–Crippen LogP) is 3.24. The number of carbonyl (C=O) groups excluding carboxylic acids is 1. The molecule has 0 aliphatic heterocycles. The second-order valence-electron chi connectivity index (χ2n) is 6.18. The van der Waals surface area contributed by atoms with Gasteiger partial charge in [-0.1, -0.05) is 71.9 Å². The summed E-state index contributed by atoms with van der Waals surface area (Å²) in [5.41, 5.74) is 8.01. The molecule has 2 aromatic carbocycles. The van der Waals surface area contributed by atoms with Gasteiger partial charge < -0.3 is 15.2 Å². The molecular weight excluding hydrogens is 376 g/mol. The van der Waals surface area contributed by atoms with Gasteiger partial charge in [-0.3, -0.25) is 4.79 Å². The van der Waals surface area contributed by atoms with Crippen LogP contribution in [0.2, 0.25) is 0 Å². The fourth-order valence-corrected chi connectivity index (χ4v) is 2.76. The lowest BCUT2D eigenvalue weighted by Crippen LogP contribution is -2.44. The molecule has 0 fully saturated rings. The van der Waals surface area contributed by atoms with Crippen molar-refractivity contribution >= 4 is 18.3 Å². The van der Waals surface area contributed by atoms with Gasteiger partial charge in [-0.25, -0.2) is 0 Å². The van der Waals surface area contributed by atoms with E-state index in [4.69, 9.17) is 10.3 Å². The van der Waals surface area contributed by atoms with E-state index in [0.29, 0.717) is 24.7 Å². The Hall–Kier alpha value is -2.96. The zero-order chi connectivity index (χ0) is 19.1. The standard InChI is InChI=1S/C21H22N4O2.ClH/c1-2-13-25(21(26)18(22)14-16-9-5-3-6-10-16)15-19-23-20(24-27-19)17-11-7-4-8-12-17;/h2-12,18H,1,13-15,22H2;1H/t18-;/m1./s1. The van der Waals surface area contributed by atoms with Crippen molar-refractivity contribution in [1.29, 1.82) is 0 Å². The third kappa shape index (κ3) is 5.52. The number of nitrogens with two attached hydrogens (primary N) is 1. The van der Waals surface area contributed by atoms with E-state index < -0.39 is 6.04 Å². The van der Waals surface area contributed by atoms with Gasteiger partial charge in [0.25, 0.3) is 0 Å². The third-order valence-corrected chi connectivity index (χ3v) is 4.10. The van der Waals surface area contributed by atoms with Crippen molar-refractivity contribution in [3.05, 3.63) is 84.8 Å². The summed E-state index contributed by atoms with van der Waals surface area (Å²) in [6.07, 6.45) is 2.12. The van der Waals surface area contributed by atoms with Crippen LogP contribution in [0.25, 0.3) is 11.4 Å². The minimum absolute atomic E-state index is 0. The lowest BCUT2D eigenvalue weighted by Gasteiger charge is -2.23. The zero-order valence-corrected chi connectivity index (χ0v) is 16.2. The molecule has 1 heterocycles. The molecule has 0 saturated heterocycles. The van der Waals surface area contributed by atoms with Crippen LogP contribution < -0.4 is 5.73 Å². The van der Waals surface area contributed by atoms with Crippen molar-refractivity contribution in [1.82, 2.24) is 15.0 Å². The highest BCUT2D eigenvalue weighted by atomic mass is 35.5. The maximum Gasteiger partial charge on any atom is 0.246 e. The normalized spacial score (nSPS) is 11.3. The summed E-state index contributed by atoms with van der Waals surface area (Å²) in [6, 6.07) is 18.6. The first kappa shape index (κ1) is 21.3. The quantitative estimate of drug-likeness (QED) is 0.589. The zero-order valence-electron chi connectivity index (χ0n) is 15.4. The molecule has 0 radical (unpaired) electrons. The molecule has 0 unspecified atom stereocenters. The third-order valence-electron chi connectivity index (χ3n) is 4.10. The Morgan fingerprint density at radius 2 is 1.79 bits per heavy atom. The molecule has 0 aliphatic rings. The topological polar surface area (TPSA) is 85.2 Å². The van der Waals surface area contributed by atoms with E-state index in [-0.39, 0.29) is 24.9 Å². The van der Waals surface area contributed by atoms with E-state index in [9.17, 15) is 4.79 Å². The number of benzene rings is 2. The highest BCUT2D eigenvalue weighted by Crippen LogP contribution is 2.16. The summed E-state index contributed by atoms with van der Waals surface area (Å²) in [5.74, 6) is 0.666. The number of aromatic nitrogens is 2. The molecule has 3 aromatic rings. The molecule has 2 N–H and O–H groups in total. The van der Waals surface area contributed by atoms with E-state index in [1.54, 1.807) is 11.0 Å². The Labute approximate surface area is 170 Å². The number of carbonyl (C=O) groups is 1. The molecule has 0 spiro atoms. The lowest BCUT2D eigenvalue weighted by atomic mass is 10.1. The Bertz CT molecular complexity index is 884. The first-order valence-corrected chi connectivity index (χ1v) is 8.74. The van der Waals surface area contributed by atoms with Crippen LogP contribution in [-0.2, 0) is 17.8 Å². The summed E-state index contributed by atoms with van der Waals surface area (Å²) < 4.78 is 5.31. The SMILES string of the molecule is C=CCN(Cc1nc(-c2ccccc2)no1)C(=O)[C@H](N)Cc1ccccc1.Cl. The maximum atomic E-state index is 12.8. The van der Waals surface area contributed by atoms with Crippen LogP contribution in [0.1, 0.15) is 11.5 Å². The van der Waals surface area contributed by atoms with Crippen LogP contribution in [0.5, 0.6) is 0 Å². The molecule has 28 heavy (non-hydrogen) atoms. The minimum Gasteiger partial charge on any atom is -0.337 e. The Balaban J connectivity index is 0.00000280. The van der Waals surface area contributed by atoms with Crippen LogP contribution >= 0.6 is 12.4 Å². The van der Waals surface area contributed by atoms with Crippen molar-refractivity contribution in [2.75, 3.05) is 6.54 Å². The first-order valence-electron chi connectivity index (χ1n) is 8.74. The Morgan fingerprint density at radius 1 is 1.14 bits per heavy atom. The second-order valence-corrected chi connectivity index (χ2v) is 6.18. The van der Waals surface area contributed by atoms with Gasteiger partial charge in [-0.05, 0) is 12.0 Å². The highest BCUT2D eigenvalue weighted by molar-refractivity contribution is 5.85. The highest BCUT2D eigenvalue weighted by Gasteiger charge is 2.23. The molecule has 6 nitrogen and oxygen atoms in total. The summed E-state index contributed by atoms with van der Waals surface area (Å²) in [5, 5.41) is 3.99. The van der Waals surface area contributed by atoms with E-state index >= 15 is 0 Å². The number of halogens is 1. The van der Waals surface area contributed by atoms with E-state index in [2.05, 4.69) is 16.7 Å². The number of nitrogens with zero attached hydrogens (tertiary/aromatic N) is 3. The fourth-order valence-electron chi connectivity index (χ4n) is 2.76. The van der Waals surface area contributed by atoms with Crippen molar-refractivity contribution in [3.8, 4) is 11.4 Å². The van der Waals surface area contributed by atoms with Gasteiger partial charge >= 0.3 is 0 Å². The smallest absolute Gasteiger partial charge is 0.246 e. The van der Waals surface area contributed by atoms with E-state index in [0.717, 1.165) is 11.1 Å². The van der Waals surface area contributed by atoms with E-state index in [1.165, 1.54) is 0 Å². The van der Waals surface area contributed by atoms with Crippen molar-refractivity contribution in [2.45, 2.75) is 19.0 Å². The maximum absolute atomic E-state index is 12.8. The molecule has 7 heteroatoms. The number of hydrogen-bond acceptors (Lipinski definition) is 5. The van der Waals surface area contributed by atoms with Crippen LogP contribution in [0.15, 0.2) is 77.8 Å². The molecule has 0 aliphatic carbocycles. The van der Waals surface area contributed by atoms with Crippen LogP contribution in [-0.4, -0.2) is 33.5 Å². The summed E-state index contributed by atoms with van der Waals surface area (Å²) in [6.45, 7) is 4.26. The predicted molar refractivity (Wildman–Crippen MR) is 111 cm³/mol. The van der Waals surface area contributed by atoms with Crippen LogP contribution in [0.3, 0.4) is 0 Å². The molecular formula is C21H23ClN4O2. The van der Waals surface area contributed by atoms with Crippen molar-refractivity contribution in [3.63, 3.8) is 0 Å². The molecule has 1 atom stereocenters. The Morgan fingerprint density at radius 3 is 2.43 bits per heavy atom. The number of rotatable bonds is 8. The van der Waals surface area contributed by atoms with Gasteiger partial charge in [0.2, 0.25) is 17.6 Å². The van der Waals surface area contributed by atoms with Gasteiger partial charge in [0, 0.05) is 12.1 Å². The average molecular weight is 399 g/mol. The Kier molecular flexibility index (Phi) is 7.92. The molecule has 1 aromatic heterocycles. The van der Waals surface area contributed by atoms with Gasteiger partial charge in [0.15, 0.2) is 0 Å². The monoisotopic (exact) mass is 398 g/mol. The van der Waals surface area contributed by atoms with Crippen molar-refractivity contribution in [2.24, 2.45) is 5.73 Å². The molecule has 0 bridgehead atoms. The summed E-state index contributed by atoms with van der Waals surface area (Å²) >= 11 is 0. The van der Waals surface area contributed by atoms with Gasteiger partial charge in [0.05, 0.1) is 6.04 Å². The molecule has 1 amide bonds. The summed E-state index contributed by atoms with van der Waals surface area (Å²) in [7, 11) is 0. The average Bonchev–Trinajstić information content (AvgIpc) is 3.17. The second kappa shape index (κ2) is 10.4. The largest absolute Gasteiger partial charge is 0.337 e. The van der Waals surface area contributed by atoms with Crippen LogP contribution in [0.4, 0.5) is 0 Å². The minimum atomic E-state index is -0.649. The fraction of sp³-hybridized carbons (Fsp3) is 0.190. The molecule has 0 saturated carbocycles. The molecule has 146 valence electrons. The van der Waals surface area contributed by atoms with Crippen molar-refractivity contribution < 1.29 is 9.32 Å². The van der Waals surface area contributed by atoms with Gasteiger partial charge in [-0.15, -0.1) is 19.0 Å². The molecule has 3 rings (SSSR count). The van der Waals surface area contributed by atoms with Crippen LogP contribution in [0, 0.1) is 0 Å².